The molecule has 8 heteroatoms. The van der Waals surface area contributed by atoms with Gasteiger partial charge in [-0.15, -0.1) is 0 Å². The lowest BCUT2D eigenvalue weighted by Crippen LogP contribution is -2.32. The van der Waals surface area contributed by atoms with Crippen LogP contribution in [-0.4, -0.2) is 33.9 Å². The third kappa shape index (κ3) is 4.95. The SMILES string of the molecule is C[C@@H](NC(=O)CCCN(c1ccc2c(c1)OCO2)S(C)(=O)=O)c1ccc2c(c1)CCC2. The van der Waals surface area contributed by atoms with Crippen LogP contribution in [0, 0.1) is 0 Å². The van der Waals surface area contributed by atoms with Crippen LogP contribution in [0.5, 0.6) is 11.5 Å². The molecule has 0 spiro atoms. The fraction of sp³-hybridized carbons (Fsp3) is 0.435. The maximum absolute atomic E-state index is 12.5. The Morgan fingerprint density at radius 3 is 2.68 bits per heavy atom. The minimum atomic E-state index is -3.50. The first-order valence-corrected chi connectivity index (χ1v) is 12.4. The van der Waals surface area contributed by atoms with Gasteiger partial charge in [0.15, 0.2) is 11.5 Å². The molecule has 0 radical (unpaired) electrons. The first kappa shape index (κ1) is 21.5. The summed E-state index contributed by atoms with van der Waals surface area (Å²) in [5, 5.41) is 3.03. The number of anilines is 1. The predicted octanol–water partition coefficient (Wildman–Crippen LogP) is 3.33. The number of hydrogen-bond donors (Lipinski definition) is 1. The average Bonchev–Trinajstić information content (AvgIpc) is 3.38. The van der Waals surface area contributed by atoms with E-state index in [0.29, 0.717) is 23.6 Å². The molecule has 4 rings (SSSR count). The van der Waals surface area contributed by atoms with E-state index in [-0.39, 0.29) is 31.7 Å². The van der Waals surface area contributed by atoms with Crippen LogP contribution in [-0.2, 0) is 27.7 Å². The van der Waals surface area contributed by atoms with Crippen LogP contribution in [0.1, 0.15) is 48.9 Å². The van der Waals surface area contributed by atoms with Crippen molar-refractivity contribution in [2.45, 2.75) is 45.1 Å². The topological polar surface area (TPSA) is 84.9 Å². The van der Waals surface area contributed by atoms with E-state index in [1.54, 1.807) is 18.2 Å². The van der Waals surface area contributed by atoms with Gasteiger partial charge in [0.25, 0.3) is 0 Å². The third-order valence-electron chi connectivity index (χ3n) is 5.81. The number of nitrogens with one attached hydrogen (secondary N) is 1. The molecular formula is C23H28N2O5S. The molecule has 1 N–H and O–H groups in total. The molecule has 1 atom stereocenters. The largest absolute Gasteiger partial charge is 0.454 e. The van der Waals surface area contributed by atoms with Crippen molar-refractivity contribution in [1.82, 2.24) is 5.32 Å². The lowest BCUT2D eigenvalue weighted by Gasteiger charge is -2.23. The minimum absolute atomic E-state index is 0.0849. The Kier molecular flexibility index (Phi) is 6.09. The van der Waals surface area contributed by atoms with Crippen LogP contribution >= 0.6 is 0 Å². The van der Waals surface area contributed by atoms with Crippen molar-refractivity contribution in [3.8, 4) is 11.5 Å². The highest BCUT2D eigenvalue weighted by Crippen LogP contribution is 2.36. The lowest BCUT2D eigenvalue weighted by molar-refractivity contribution is -0.121. The molecule has 1 amide bonds. The van der Waals surface area contributed by atoms with Gasteiger partial charge in [0.2, 0.25) is 22.7 Å². The second-order valence-corrected chi connectivity index (χ2v) is 10.1. The maximum Gasteiger partial charge on any atom is 0.232 e. The molecule has 2 aromatic carbocycles. The third-order valence-corrected chi connectivity index (χ3v) is 7.00. The van der Waals surface area contributed by atoms with Gasteiger partial charge in [-0.05, 0) is 61.4 Å². The van der Waals surface area contributed by atoms with Gasteiger partial charge in [0.05, 0.1) is 18.0 Å². The smallest absolute Gasteiger partial charge is 0.232 e. The highest BCUT2D eigenvalue weighted by atomic mass is 32.2. The maximum atomic E-state index is 12.5. The molecule has 0 fully saturated rings. The number of aryl methyl sites for hydroxylation is 2. The summed E-state index contributed by atoms with van der Waals surface area (Å²) in [5.74, 6) is 1.02. The predicted molar refractivity (Wildman–Crippen MR) is 119 cm³/mol. The number of fused-ring (bicyclic) bond motifs is 2. The molecule has 1 aliphatic heterocycles. The standard InChI is InChI=1S/C23H28N2O5S/c1-16(18-9-8-17-5-3-6-19(17)13-18)24-23(26)7-4-12-25(31(2,27)28)20-10-11-21-22(14-20)30-15-29-21/h8-11,13-14,16H,3-7,12,15H2,1-2H3,(H,24,26)/t16-/m1/s1. The van der Waals surface area contributed by atoms with Gasteiger partial charge in [-0.25, -0.2) is 8.42 Å². The van der Waals surface area contributed by atoms with E-state index in [9.17, 15) is 13.2 Å². The molecule has 0 saturated heterocycles. The van der Waals surface area contributed by atoms with Crippen molar-refractivity contribution in [2.24, 2.45) is 0 Å². The number of nitrogens with zero attached hydrogens (tertiary/aromatic N) is 1. The van der Waals surface area contributed by atoms with Crippen molar-refractivity contribution in [1.29, 1.82) is 0 Å². The van der Waals surface area contributed by atoms with Gasteiger partial charge in [0.1, 0.15) is 0 Å². The molecule has 1 aliphatic carbocycles. The van der Waals surface area contributed by atoms with Crippen molar-refractivity contribution in [2.75, 3.05) is 23.9 Å². The number of rotatable bonds is 8. The summed E-state index contributed by atoms with van der Waals surface area (Å²) in [6.07, 6.45) is 5.24. The molecule has 2 aromatic rings. The Bertz CT molecular complexity index is 1080. The second-order valence-electron chi connectivity index (χ2n) is 8.15. The van der Waals surface area contributed by atoms with Crippen molar-refractivity contribution in [3.63, 3.8) is 0 Å². The quantitative estimate of drug-likeness (QED) is 0.675. The Hall–Kier alpha value is -2.74. The molecule has 166 valence electrons. The van der Waals surface area contributed by atoms with Crippen LogP contribution in [0.15, 0.2) is 36.4 Å². The number of ether oxygens (including phenoxy) is 2. The number of carbonyl (C=O) groups excluding carboxylic acids is 1. The van der Waals surface area contributed by atoms with Gasteiger partial charge in [-0.2, -0.15) is 0 Å². The van der Waals surface area contributed by atoms with E-state index >= 15 is 0 Å². The van der Waals surface area contributed by atoms with E-state index in [1.807, 2.05) is 6.92 Å². The monoisotopic (exact) mass is 444 g/mol. The molecule has 0 bridgehead atoms. The summed E-state index contributed by atoms with van der Waals surface area (Å²) in [7, 11) is -3.50. The van der Waals surface area contributed by atoms with Gasteiger partial charge in [0, 0.05) is 19.0 Å². The molecule has 2 aliphatic rings. The van der Waals surface area contributed by atoms with Crippen LogP contribution in [0.25, 0.3) is 0 Å². The van der Waals surface area contributed by atoms with E-state index in [0.717, 1.165) is 24.7 Å². The van der Waals surface area contributed by atoms with Gasteiger partial charge in [-0.1, -0.05) is 18.2 Å². The molecule has 7 nitrogen and oxygen atoms in total. The molecular weight excluding hydrogens is 416 g/mol. The first-order chi connectivity index (χ1) is 14.8. The zero-order chi connectivity index (χ0) is 22.0. The molecule has 31 heavy (non-hydrogen) atoms. The zero-order valence-corrected chi connectivity index (χ0v) is 18.7. The average molecular weight is 445 g/mol. The van der Waals surface area contributed by atoms with Crippen molar-refractivity contribution >= 4 is 21.6 Å². The summed E-state index contributed by atoms with van der Waals surface area (Å²) in [6.45, 7) is 2.31. The summed E-state index contributed by atoms with van der Waals surface area (Å²) in [4.78, 5) is 12.5. The van der Waals surface area contributed by atoms with Crippen LogP contribution in [0.4, 0.5) is 5.69 Å². The minimum Gasteiger partial charge on any atom is -0.454 e. The fourth-order valence-electron chi connectivity index (χ4n) is 4.17. The summed E-state index contributed by atoms with van der Waals surface area (Å²) >= 11 is 0. The zero-order valence-electron chi connectivity index (χ0n) is 17.9. The highest BCUT2D eigenvalue weighted by molar-refractivity contribution is 7.92. The first-order valence-electron chi connectivity index (χ1n) is 10.6. The lowest BCUT2D eigenvalue weighted by atomic mass is 10.0. The van der Waals surface area contributed by atoms with E-state index < -0.39 is 10.0 Å². The fourth-order valence-corrected chi connectivity index (χ4v) is 5.13. The normalized spacial score (nSPS) is 15.4. The van der Waals surface area contributed by atoms with Gasteiger partial charge < -0.3 is 14.8 Å². The number of benzene rings is 2. The summed E-state index contributed by atoms with van der Waals surface area (Å²) in [5.41, 5.74) is 4.39. The Morgan fingerprint density at radius 1 is 1.10 bits per heavy atom. The van der Waals surface area contributed by atoms with Crippen molar-refractivity contribution in [3.05, 3.63) is 53.1 Å². The van der Waals surface area contributed by atoms with Gasteiger partial charge >= 0.3 is 0 Å². The highest BCUT2D eigenvalue weighted by Gasteiger charge is 2.22. The number of carbonyl (C=O) groups is 1. The summed E-state index contributed by atoms with van der Waals surface area (Å²) in [6, 6.07) is 11.4. The molecule has 0 saturated carbocycles. The molecule has 1 heterocycles. The van der Waals surface area contributed by atoms with Crippen molar-refractivity contribution < 1.29 is 22.7 Å². The summed E-state index contributed by atoms with van der Waals surface area (Å²) < 4.78 is 36.6. The van der Waals surface area contributed by atoms with Crippen LogP contribution in [0.2, 0.25) is 0 Å². The van der Waals surface area contributed by atoms with E-state index in [4.69, 9.17) is 9.47 Å². The molecule has 0 unspecified atom stereocenters. The number of amides is 1. The Morgan fingerprint density at radius 2 is 1.87 bits per heavy atom. The van der Waals surface area contributed by atoms with Crippen LogP contribution in [0.3, 0.4) is 0 Å². The number of hydrogen-bond acceptors (Lipinski definition) is 5. The van der Waals surface area contributed by atoms with Gasteiger partial charge in [-0.3, -0.25) is 9.10 Å². The Labute approximate surface area is 183 Å². The van der Waals surface area contributed by atoms with Crippen LogP contribution < -0.4 is 19.1 Å². The van der Waals surface area contributed by atoms with E-state index in [2.05, 4.69) is 23.5 Å². The molecule has 0 aromatic heterocycles. The Balaban J connectivity index is 1.33. The number of sulfonamides is 1. The van der Waals surface area contributed by atoms with E-state index in [1.165, 1.54) is 21.9 Å². The second kappa shape index (κ2) is 8.78.